The molecule has 0 radical (unpaired) electrons. The van der Waals surface area contributed by atoms with Gasteiger partial charge in [0.25, 0.3) is 0 Å². The van der Waals surface area contributed by atoms with Gasteiger partial charge in [0.1, 0.15) is 6.61 Å². The number of hydrogen-bond donors (Lipinski definition) is 0. The van der Waals surface area contributed by atoms with Crippen LogP contribution in [-0.4, -0.2) is 24.0 Å². The Balaban J connectivity index is 2.40. The Morgan fingerprint density at radius 1 is 1.75 bits per heavy atom. The molecule has 0 atom stereocenters. The van der Waals surface area contributed by atoms with Gasteiger partial charge >= 0.3 is 0 Å². The van der Waals surface area contributed by atoms with E-state index >= 15 is 0 Å². The number of ether oxygens (including phenoxy) is 1. The van der Waals surface area contributed by atoms with Gasteiger partial charge in [0.2, 0.25) is 5.91 Å². The molecular weight excluding hydrogens is 154 g/mol. The van der Waals surface area contributed by atoms with Crippen molar-refractivity contribution in [1.29, 1.82) is 0 Å². The van der Waals surface area contributed by atoms with Crippen molar-refractivity contribution in [2.75, 3.05) is 13.2 Å². The van der Waals surface area contributed by atoms with E-state index in [0.29, 0.717) is 18.9 Å². The van der Waals surface area contributed by atoms with Gasteiger partial charge in [-0.25, -0.2) is 0 Å². The Morgan fingerprint density at radius 2 is 2.50 bits per heavy atom. The largest absolute Gasteiger partial charge is 0.475 e. The van der Waals surface area contributed by atoms with Crippen LogP contribution < -0.4 is 0 Å². The Hall–Kier alpha value is -1.25. The number of rotatable bonds is 4. The van der Waals surface area contributed by atoms with Gasteiger partial charge in [-0.15, -0.1) is 0 Å². The summed E-state index contributed by atoms with van der Waals surface area (Å²) in [5, 5.41) is 0. The molecular formula is C9H13NO2. The summed E-state index contributed by atoms with van der Waals surface area (Å²) in [6, 6.07) is 0. The van der Waals surface area contributed by atoms with Gasteiger partial charge in [0.05, 0.1) is 0 Å². The van der Waals surface area contributed by atoms with Crippen LogP contribution in [0.2, 0.25) is 0 Å². The lowest BCUT2D eigenvalue weighted by molar-refractivity contribution is -0.128. The Kier molecular flexibility index (Phi) is 2.91. The maximum absolute atomic E-state index is 11.1. The molecule has 0 unspecified atom stereocenters. The summed E-state index contributed by atoms with van der Waals surface area (Å²) in [5.41, 5.74) is 0. The molecule has 66 valence electrons. The highest BCUT2D eigenvalue weighted by Gasteiger charge is 2.22. The zero-order valence-electron chi connectivity index (χ0n) is 7.08. The first-order chi connectivity index (χ1) is 5.75. The first-order valence-corrected chi connectivity index (χ1v) is 3.98. The zero-order chi connectivity index (χ0) is 8.97. The molecule has 0 spiro atoms. The molecule has 3 heteroatoms. The molecule has 1 saturated heterocycles. The molecule has 0 saturated carbocycles. The molecule has 1 aliphatic heterocycles. The highest BCUT2D eigenvalue weighted by atomic mass is 16.5. The van der Waals surface area contributed by atoms with Gasteiger partial charge < -0.3 is 4.74 Å². The molecule has 1 aliphatic rings. The normalized spacial score (nSPS) is 16.3. The molecule has 1 heterocycles. The predicted molar refractivity (Wildman–Crippen MR) is 46.2 cm³/mol. The highest BCUT2D eigenvalue weighted by molar-refractivity contribution is 5.79. The fourth-order valence-corrected chi connectivity index (χ4v) is 1.14. The van der Waals surface area contributed by atoms with Crippen molar-refractivity contribution in [3.05, 3.63) is 25.1 Å². The number of hydrogen-bond acceptors (Lipinski definition) is 2. The average Bonchev–Trinajstić information content (AvgIpc) is 2.47. The highest BCUT2D eigenvalue weighted by Crippen LogP contribution is 2.15. The van der Waals surface area contributed by atoms with E-state index in [9.17, 15) is 4.79 Å². The average molecular weight is 167 g/mol. The summed E-state index contributed by atoms with van der Waals surface area (Å²) < 4.78 is 5.14. The Bertz CT molecular complexity index is 211. The Labute approximate surface area is 72.3 Å². The second kappa shape index (κ2) is 3.95. The molecule has 0 bridgehead atoms. The van der Waals surface area contributed by atoms with Crippen molar-refractivity contribution in [2.24, 2.45) is 0 Å². The second-order valence-corrected chi connectivity index (χ2v) is 2.64. The molecule has 0 N–H and O–H groups in total. The van der Waals surface area contributed by atoms with Crippen LogP contribution in [0.1, 0.15) is 12.8 Å². The summed E-state index contributed by atoms with van der Waals surface area (Å²) in [4.78, 5) is 12.7. The molecule has 1 fully saturated rings. The van der Waals surface area contributed by atoms with Crippen LogP contribution in [0.25, 0.3) is 0 Å². The summed E-state index contributed by atoms with van der Waals surface area (Å²) in [6.07, 6.45) is 3.14. The van der Waals surface area contributed by atoms with Crippen LogP contribution in [0.5, 0.6) is 0 Å². The maximum atomic E-state index is 11.1. The fourth-order valence-electron chi connectivity index (χ4n) is 1.14. The van der Waals surface area contributed by atoms with Crippen molar-refractivity contribution in [1.82, 2.24) is 4.90 Å². The molecule has 0 aromatic carbocycles. The van der Waals surface area contributed by atoms with E-state index < -0.39 is 0 Å². The minimum Gasteiger partial charge on any atom is -0.475 e. The van der Waals surface area contributed by atoms with E-state index in [2.05, 4.69) is 13.2 Å². The van der Waals surface area contributed by atoms with Crippen LogP contribution >= 0.6 is 0 Å². The van der Waals surface area contributed by atoms with Crippen LogP contribution in [-0.2, 0) is 9.53 Å². The van der Waals surface area contributed by atoms with E-state index in [4.69, 9.17) is 4.74 Å². The van der Waals surface area contributed by atoms with Gasteiger partial charge in [-0.3, -0.25) is 9.69 Å². The number of amides is 1. The smallest absolute Gasteiger partial charge is 0.229 e. The lowest BCUT2D eigenvalue weighted by Gasteiger charge is -2.17. The molecule has 0 aromatic heterocycles. The van der Waals surface area contributed by atoms with Crippen molar-refractivity contribution >= 4 is 5.91 Å². The van der Waals surface area contributed by atoms with Crippen molar-refractivity contribution in [2.45, 2.75) is 12.8 Å². The summed E-state index contributed by atoms with van der Waals surface area (Å²) >= 11 is 0. The van der Waals surface area contributed by atoms with Gasteiger partial charge in [0, 0.05) is 13.0 Å². The second-order valence-electron chi connectivity index (χ2n) is 2.64. The first kappa shape index (κ1) is 8.84. The van der Waals surface area contributed by atoms with Gasteiger partial charge in [-0.05, 0) is 13.0 Å². The number of nitrogens with zero attached hydrogens (tertiary/aromatic N) is 1. The monoisotopic (exact) mass is 167 g/mol. The van der Waals surface area contributed by atoms with E-state index in [0.717, 1.165) is 13.0 Å². The Morgan fingerprint density at radius 3 is 3.00 bits per heavy atom. The topological polar surface area (TPSA) is 29.5 Å². The third-order valence-electron chi connectivity index (χ3n) is 1.74. The van der Waals surface area contributed by atoms with Crippen LogP contribution in [0.4, 0.5) is 0 Å². The van der Waals surface area contributed by atoms with Crippen LogP contribution in [0.3, 0.4) is 0 Å². The third-order valence-corrected chi connectivity index (χ3v) is 1.74. The molecule has 0 aromatic rings. The summed E-state index contributed by atoms with van der Waals surface area (Å²) in [7, 11) is 0. The molecule has 3 nitrogen and oxygen atoms in total. The van der Waals surface area contributed by atoms with E-state index in [1.807, 2.05) is 0 Å². The maximum Gasteiger partial charge on any atom is 0.229 e. The lowest BCUT2D eigenvalue weighted by Crippen LogP contribution is -2.24. The quantitative estimate of drug-likeness (QED) is 0.466. The predicted octanol–water partition coefficient (Wildman–Crippen LogP) is 1.28. The van der Waals surface area contributed by atoms with Crippen LogP contribution in [0, 0.1) is 0 Å². The number of likely N-dealkylation sites (tertiary alicyclic amines) is 1. The van der Waals surface area contributed by atoms with Crippen molar-refractivity contribution < 1.29 is 9.53 Å². The first-order valence-electron chi connectivity index (χ1n) is 3.98. The minimum atomic E-state index is 0.101. The van der Waals surface area contributed by atoms with E-state index in [-0.39, 0.29) is 5.91 Å². The van der Waals surface area contributed by atoms with Gasteiger partial charge in [-0.2, -0.15) is 0 Å². The fraction of sp³-hybridized carbons (Fsp3) is 0.444. The molecule has 0 aliphatic carbocycles. The lowest BCUT2D eigenvalue weighted by atomic mass is 10.4. The zero-order valence-corrected chi connectivity index (χ0v) is 7.08. The van der Waals surface area contributed by atoms with Gasteiger partial charge in [-0.1, -0.05) is 12.7 Å². The minimum absolute atomic E-state index is 0.101. The van der Waals surface area contributed by atoms with E-state index in [1.165, 1.54) is 0 Å². The summed E-state index contributed by atoms with van der Waals surface area (Å²) in [6.45, 7) is 8.30. The molecule has 1 amide bonds. The van der Waals surface area contributed by atoms with Gasteiger partial charge in [0.15, 0.2) is 5.88 Å². The van der Waals surface area contributed by atoms with Crippen molar-refractivity contribution in [3.8, 4) is 0 Å². The standard InChI is InChI=1S/C9H13NO2/c1-3-7-12-8(2)10-6-4-5-9(10)11/h3H,1-2,4-7H2. The number of carbonyl (C=O) groups is 1. The molecule has 1 rings (SSSR count). The van der Waals surface area contributed by atoms with E-state index in [1.54, 1.807) is 11.0 Å². The SMILES string of the molecule is C=CCOC(=C)N1CCCC1=O. The third kappa shape index (κ3) is 1.87. The van der Waals surface area contributed by atoms with Crippen LogP contribution in [0.15, 0.2) is 25.1 Å². The van der Waals surface area contributed by atoms with Crippen molar-refractivity contribution in [3.63, 3.8) is 0 Å². The number of carbonyl (C=O) groups excluding carboxylic acids is 1. The summed E-state index contributed by atoms with van der Waals surface area (Å²) in [5.74, 6) is 0.543. The molecule has 12 heavy (non-hydrogen) atoms.